The molecule has 25 heavy (non-hydrogen) atoms. The molecule has 0 aromatic rings. The third kappa shape index (κ3) is 6.41. The van der Waals surface area contributed by atoms with Crippen LogP contribution in [0.2, 0.25) is 18.1 Å². The van der Waals surface area contributed by atoms with Crippen LogP contribution in [0.3, 0.4) is 0 Å². The van der Waals surface area contributed by atoms with Crippen molar-refractivity contribution in [1.29, 1.82) is 5.26 Å². The summed E-state index contributed by atoms with van der Waals surface area (Å²) in [4.78, 5) is 0. The second-order valence-corrected chi connectivity index (χ2v) is 13.8. The second-order valence-electron chi connectivity index (χ2n) is 7.92. The van der Waals surface area contributed by atoms with Gasteiger partial charge >= 0.3 is 8.00 Å². The molecule has 0 aromatic carbocycles. The first-order valence-electron chi connectivity index (χ1n) is 8.78. The zero-order valence-corrected chi connectivity index (χ0v) is 18.6. The van der Waals surface area contributed by atoms with Crippen molar-refractivity contribution in [2.24, 2.45) is 0 Å². The lowest BCUT2D eigenvalue weighted by atomic mass is 10.1. The highest BCUT2D eigenvalue weighted by Crippen LogP contribution is 2.42. The monoisotopic (exact) mass is 389 g/mol. The van der Waals surface area contributed by atoms with E-state index in [2.05, 4.69) is 51.6 Å². The molecule has 0 spiro atoms. The van der Waals surface area contributed by atoms with Crippen molar-refractivity contribution in [2.75, 3.05) is 20.2 Å². The number of nitrogens with zero attached hydrogens (tertiary/aromatic N) is 1. The first-order valence-corrected chi connectivity index (χ1v) is 13.1. The smallest absolute Gasteiger partial charge is 0.408 e. The van der Waals surface area contributed by atoms with E-state index < -0.39 is 16.3 Å². The molecule has 0 radical (unpaired) electrons. The Bertz CT molecular complexity index is 490. The summed E-state index contributed by atoms with van der Waals surface area (Å²) in [5, 5.41) is 11.9. The standard InChI is InChI=1S/C17H34N2O4PSi/c1-13-15(23-25(7,8)17(2,3)4)16(14(21-13)12-19-5)22-24(6)20-11-9-10-18/h13-16,19H,6,9,11-12H2,1-5,7-8H3/q+1/t13-,14+,15+,16?/m0/s1. The van der Waals surface area contributed by atoms with Crippen LogP contribution >= 0.6 is 8.00 Å². The SMILES string of the molecule is C=[P+](OCCC#N)OC1[C@@H](CNC)O[C@@H](C)[C@H]1O[Si](C)(C)C(C)(C)C. The van der Waals surface area contributed by atoms with Crippen LogP contribution in [0.25, 0.3) is 0 Å². The van der Waals surface area contributed by atoms with E-state index in [1.54, 1.807) is 0 Å². The fourth-order valence-corrected chi connectivity index (χ4v) is 4.68. The molecule has 1 N–H and O–H groups in total. The summed E-state index contributed by atoms with van der Waals surface area (Å²) >= 11 is 0. The van der Waals surface area contributed by atoms with Gasteiger partial charge in [0.25, 0.3) is 0 Å². The lowest BCUT2D eigenvalue weighted by Gasteiger charge is -2.39. The number of nitrogens with one attached hydrogen (secondary N) is 1. The highest BCUT2D eigenvalue weighted by molar-refractivity contribution is 7.45. The molecule has 0 aromatic heterocycles. The summed E-state index contributed by atoms with van der Waals surface area (Å²) in [6.45, 7) is 14.2. The Morgan fingerprint density at radius 3 is 2.48 bits per heavy atom. The molecule has 6 nitrogen and oxygen atoms in total. The van der Waals surface area contributed by atoms with Crippen LogP contribution in [0.4, 0.5) is 0 Å². The summed E-state index contributed by atoms with van der Waals surface area (Å²) in [5.74, 6) is 0. The Labute approximate surface area is 154 Å². The predicted molar refractivity (Wildman–Crippen MR) is 105 cm³/mol. The normalized spacial score (nSPS) is 28.0. The minimum absolute atomic E-state index is 0.0556. The van der Waals surface area contributed by atoms with Gasteiger partial charge in [0.1, 0.15) is 25.1 Å². The zero-order chi connectivity index (χ0) is 19.3. The zero-order valence-electron chi connectivity index (χ0n) is 16.7. The van der Waals surface area contributed by atoms with Crippen molar-refractivity contribution in [3.63, 3.8) is 0 Å². The van der Waals surface area contributed by atoms with Crippen molar-refractivity contribution in [3.8, 4) is 6.07 Å². The summed E-state index contributed by atoms with van der Waals surface area (Å²) in [6.07, 6.45) is 3.75. The van der Waals surface area contributed by atoms with Crippen LogP contribution in [0.5, 0.6) is 0 Å². The van der Waals surface area contributed by atoms with Gasteiger partial charge in [-0.2, -0.15) is 9.79 Å². The quantitative estimate of drug-likeness (QED) is 0.370. The third-order valence-electron chi connectivity index (χ3n) is 4.87. The van der Waals surface area contributed by atoms with Gasteiger partial charge in [-0.15, -0.1) is 4.52 Å². The molecule has 1 fully saturated rings. The average molecular weight is 390 g/mol. The molecule has 5 atom stereocenters. The number of likely N-dealkylation sites (N-methyl/N-ethyl adjacent to an activating group) is 1. The molecule has 0 saturated carbocycles. The Balaban J connectivity index is 2.88. The van der Waals surface area contributed by atoms with Crippen LogP contribution in [0.15, 0.2) is 0 Å². The Kier molecular flexibility index (Phi) is 8.69. The Morgan fingerprint density at radius 1 is 1.32 bits per heavy atom. The van der Waals surface area contributed by atoms with Crippen molar-refractivity contribution < 1.29 is 18.2 Å². The molecule has 1 heterocycles. The minimum Gasteiger partial charge on any atom is -0.408 e. The van der Waals surface area contributed by atoms with Crippen molar-refractivity contribution >= 4 is 22.6 Å². The van der Waals surface area contributed by atoms with Gasteiger partial charge in [-0.1, -0.05) is 20.8 Å². The predicted octanol–water partition coefficient (Wildman–Crippen LogP) is 3.44. The van der Waals surface area contributed by atoms with E-state index in [4.69, 9.17) is 23.5 Å². The molecule has 2 unspecified atom stereocenters. The summed E-state index contributed by atoms with van der Waals surface area (Å²) in [5.41, 5.74) is 0. The first kappa shape index (κ1) is 22.7. The van der Waals surface area contributed by atoms with E-state index in [1.807, 2.05) is 14.0 Å². The van der Waals surface area contributed by atoms with Gasteiger partial charge in [0.05, 0.1) is 18.6 Å². The second kappa shape index (κ2) is 9.57. The molecular weight excluding hydrogens is 355 g/mol. The van der Waals surface area contributed by atoms with Crippen LogP contribution < -0.4 is 5.32 Å². The van der Waals surface area contributed by atoms with E-state index in [9.17, 15) is 0 Å². The molecule has 1 aliphatic heterocycles. The Hall–Kier alpha value is -0.323. The van der Waals surface area contributed by atoms with E-state index in [0.29, 0.717) is 19.6 Å². The summed E-state index contributed by atoms with van der Waals surface area (Å²) in [7, 11) is -1.40. The van der Waals surface area contributed by atoms with E-state index in [0.717, 1.165) is 0 Å². The van der Waals surface area contributed by atoms with Gasteiger partial charge in [0.2, 0.25) is 0 Å². The largest absolute Gasteiger partial charge is 0.423 e. The number of hydrogen-bond acceptors (Lipinski definition) is 6. The molecule has 1 aliphatic rings. The number of rotatable bonds is 9. The van der Waals surface area contributed by atoms with Crippen LogP contribution in [0.1, 0.15) is 34.1 Å². The summed E-state index contributed by atoms with van der Waals surface area (Å²) < 4.78 is 24.4. The molecule has 144 valence electrons. The molecule has 0 bridgehead atoms. The van der Waals surface area contributed by atoms with Gasteiger partial charge in [-0.05, 0) is 32.1 Å². The minimum atomic E-state index is -1.97. The van der Waals surface area contributed by atoms with E-state index >= 15 is 0 Å². The van der Waals surface area contributed by atoms with Crippen molar-refractivity contribution in [1.82, 2.24) is 5.32 Å². The first-order chi connectivity index (χ1) is 11.5. The maximum atomic E-state index is 8.63. The highest BCUT2D eigenvalue weighted by Gasteiger charge is 2.51. The molecule has 1 rings (SSSR count). The fourth-order valence-electron chi connectivity index (χ4n) is 2.44. The molecule has 0 aliphatic carbocycles. The molecule has 1 saturated heterocycles. The maximum absolute atomic E-state index is 8.63. The lowest BCUT2D eigenvalue weighted by molar-refractivity contribution is 0.0229. The van der Waals surface area contributed by atoms with Gasteiger partial charge in [-0.3, -0.25) is 0 Å². The lowest BCUT2D eigenvalue weighted by Crippen LogP contribution is -2.49. The summed E-state index contributed by atoms with van der Waals surface area (Å²) in [6, 6.07) is 2.06. The molecule has 0 amide bonds. The fraction of sp³-hybridized carbons (Fsp3) is 0.882. The van der Waals surface area contributed by atoms with Crippen LogP contribution in [0, 0.1) is 11.3 Å². The van der Waals surface area contributed by atoms with Crippen molar-refractivity contribution in [2.45, 2.75) is 76.7 Å². The van der Waals surface area contributed by atoms with Gasteiger partial charge in [0, 0.05) is 6.54 Å². The maximum Gasteiger partial charge on any atom is 0.423 e. The van der Waals surface area contributed by atoms with Crippen molar-refractivity contribution in [3.05, 3.63) is 0 Å². The number of hydrogen-bond donors (Lipinski definition) is 1. The van der Waals surface area contributed by atoms with Crippen LogP contribution in [-0.2, 0) is 18.2 Å². The van der Waals surface area contributed by atoms with E-state index in [-0.39, 0.29) is 29.5 Å². The van der Waals surface area contributed by atoms with Gasteiger partial charge < -0.3 is 14.5 Å². The third-order valence-corrected chi connectivity index (χ3v) is 10.3. The highest BCUT2D eigenvalue weighted by atomic mass is 31.1. The van der Waals surface area contributed by atoms with Crippen LogP contribution in [-0.4, -0.2) is 59.2 Å². The van der Waals surface area contributed by atoms with Gasteiger partial charge in [0.15, 0.2) is 14.4 Å². The number of nitriles is 1. The Morgan fingerprint density at radius 2 is 1.96 bits per heavy atom. The topological polar surface area (TPSA) is 72.7 Å². The van der Waals surface area contributed by atoms with E-state index in [1.165, 1.54) is 0 Å². The number of ether oxygens (including phenoxy) is 1. The molecule has 8 heteroatoms. The molecular formula is C17H34N2O4PSi+. The average Bonchev–Trinajstić information content (AvgIpc) is 2.75. The van der Waals surface area contributed by atoms with Gasteiger partial charge in [-0.25, -0.2) is 0 Å².